The normalized spacial score (nSPS) is 11.6. The van der Waals surface area contributed by atoms with Gasteiger partial charge >= 0.3 is 0 Å². The highest BCUT2D eigenvalue weighted by Crippen LogP contribution is 2.27. The fourth-order valence-electron chi connectivity index (χ4n) is 2.54. The van der Waals surface area contributed by atoms with Gasteiger partial charge in [-0.15, -0.1) is 35.3 Å². The maximum absolute atomic E-state index is 12.0. The summed E-state index contributed by atoms with van der Waals surface area (Å²) in [6.07, 6.45) is 2.33. The largest absolute Gasteiger partial charge is 0.459 e. The van der Waals surface area contributed by atoms with Crippen LogP contribution in [0.3, 0.4) is 0 Å². The van der Waals surface area contributed by atoms with Gasteiger partial charge in [-0.05, 0) is 37.8 Å². The van der Waals surface area contributed by atoms with E-state index in [2.05, 4.69) is 47.3 Å². The van der Waals surface area contributed by atoms with Gasteiger partial charge in [-0.1, -0.05) is 19.9 Å². The van der Waals surface area contributed by atoms with Crippen LogP contribution in [0.1, 0.15) is 48.2 Å². The monoisotopic (exact) mass is 518 g/mol. The lowest BCUT2D eigenvalue weighted by Gasteiger charge is -2.21. The van der Waals surface area contributed by atoms with Crippen molar-refractivity contribution in [3.8, 4) is 0 Å². The number of nitrogens with one attached hydrogen (secondary N) is 3. The predicted molar refractivity (Wildman–Crippen MR) is 127 cm³/mol. The van der Waals surface area contributed by atoms with E-state index in [4.69, 9.17) is 9.41 Å². The first kappa shape index (κ1) is 24.5. The molecule has 8 heteroatoms. The molecule has 0 aliphatic rings. The molecule has 0 aromatic carbocycles. The molecule has 156 valence electrons. The number of thiophene rings is 1. The molecule has 2 aromatic heterocycles. The minimum atomic E-state index is -0.171. The molecule has 0 fully saturated rings. The first-order valence-electron chi connectivity index (χ1n) is 9.32. The van der Waals surface area contributed by atoms with Crippen molar-refractivity contribution in [3.05, 3.63) is 46.0 Å². The van der Waals surface area contributed by atoms with E-state index in [0.29, 0.717) is 18.8 Å². The number of hydrogen-bond acceptors (Lipinski definition) is 4. The molecule has 0 atom stereocenters. The SMILES string of the molecule is CCNC(=NCC(C)(C)c1cccs1)NCCCNC(=O)c1occc1C.I. The van der Waals surface area contributed by atoms with Crippen LogP contribution in [0.5, 0.6) is 0 Å². The first-order chi connectivity index (χ1) is 12.9. The number of aryl methyl sites for hydroxylation is 1. The quantitative estimate of drug-likeness (QED) is 0.204. The van der Waals surface area contributed by atoms with Gasteiger partial charge in [0.15, 0.2) is 11.7 Å². The molecule has 0 saturated carbocycles. The summed E-state index contributed by atoms with van der Waals surface area (Å²) in [7, 11) is 0. The second-order valence-corrected chi connectivity index (χ2v) is 7.97. The van der Waals surface area contributed by atoms with Gasteiger partial charge in [0, 0.05) is 35.5 Å². The molecular formula is C20H31IN4O2S. The molecule has 0 spiro atoms. The number of carbonyl (C=O) groups excluding carboxylic acids is 1. The zero-order valence-corrected chi connectivity index (χ0v) is 20.1. The summed E-state index contributed by atoms with van der Waals surface area (Å²) in [6, 6.07) is 6.02. The number of hydrogen-bond donors (Lipinski definition) is 3. The van der Waals surface area contributed by atoms with Crippen molar-refractivity contribution in [1.29, 1.82) is 0 Å². The number of rotatable bonds is 9. The average Bonchev–Trinajstić information content (AvgIpc) is 3.31. The van der Waals surface area contributed by atoms with Crippen LogP contribution in [-0.4, -0.2) is 38.0 Å². The van der Waals surface area contributed by atoms with E-state index in [1.54, 1.807) is 17.4 Å². The highest BCUT2D eigenvalue weighted by molar-refractivity contribution is 14.0. The Labute approximate surface area is 188 Å². The van der Waals surface area contributed by atoms with Gasteiger partial charge < -0.3 is 20.4 Å². The molecule has 0 aliphatic heterocycles. The average molecular weight is 518 g/mol. The van der Waals surface area contributed by atoms with Crippen molar-refractivity contribution in [3.63, 3.8) is 0 Å². The van der Waals surface area contributed by atoms with E-state index in [1.807, 2.05) is 13.8 Å². The van der Waals surface area contributed by atoms with Crippen LogP contribution in [0.15, 0.2) is 39.3 Å². The van der Waals surface area contributed by atoms with Crippen LogP contribution in [0.25, 0.3) is 0 Å². The summed E-state index contributed by atoms with van der Waals surface area (Å²) in [4.78, 5) is 18.0. The number of aliphatic imine (C=N–C) groups is 1. The summed E-state index contributed by atoms with van der Waals surface area (Å²) in [5.41, 5.74) is 0.853. The van der Waals surface area contributed by atoms with E-state index in [0.717, 1.165) is 31.0 Å². The Kier molecular flexibility index (Phi) is 10.6. The number of nitrogens with zero attached hydrogens (tertiary/aromatic N) is 1. The second-order valence-electron chi connectivity index (χ2n) is 7.03. The summed E-state index contributed by atoms with van der Waals surface area (Å²) < 4.78 is 5.19. The Morgan fingerprint density at radius 3 is 2.57 bits per heavy atom. The van der Waals surface area contributed by atoms with Crippen LogP contribution in [0.2, 0.25) is 0 Å². The summed E-state index contributed by atoms with van der Waals surface area (Å²) in [6.45, 7) is 11.1. The minimum Gasteiger partial charge on any atom is -0.459 e. The van der Waals surface area contributed by atoms with E-state index in [9.17, 15) is 4.79 Å². The molecule has 0 saturated heterocycles. The van der Waals surface area contributed by atoms with E-state index in [-0.39, 0.29) is 35.3 Å². The number of guanidine groups is 1. The zero-order valence-electron chi connectivity index (χ0n) is 17.0. The Morgan fingerprint density at radius 2 is 1.96 bits per heavy atom. The standard InChI is InChI=1S/C20H30N4O2S.HI/c1-5-21-19(24-14-20(3,4)16-8-6-13-27-16)23-11-7-10-22-18(25)17-15(2)9-12-26-17;/h6,8-9,12-13H,5,7,10-11,14H2,1-4H3,(H,22,25)(H2,21,23,24);1H. The number of furan rings is 1. The smallest absolute Gasteiger partial charge is 0.287 e. The van der Waals surface area contributed by atoms with E-state index >= 15 is 0 Å². The molecule has 0 radical (unpaired) electrons. The lowest BCUT2D eigenvalue weighted by Crippen LogP contribution is -2.39. The number of amides is 1. The van der Waals surface area contributed by atoms with Gasteiger partial charge in [0.2, 0.25) is 0 Å². The molecule has 3 N–H and O–H groups in total. The van der Waals surface area contributed by atoms with Gasteiger partial charge in [-0.2, -0.15) is 0 Å². The molecule has 1 amide bonds. The topological polar surface area (TPSA) is 78.7 Å². The summed E-state index contributed by atoms with van der Waals surface area (Å²) in [5, 5.41) is 11.6. The van der Waals surface area contributed by atoms with Crippen LogP contribution in [0.4, 0.5) is 0 Å². The third-order valence-electron chi connectivity index (χ3n) is 4.16. The van der Waals surface area contributed by atoms with Gasteiger partial charge in [0.25, 0.3) is 5.91 Å². The first-order valence-corrected chi connectivity index (χ1v) is 10.2. The van der Waals surface area contributed by atoms with Crippen LogP contribution >= 0.6 is 35.3 Å². The van der Waals surface area contributed by atoms with Crippen LogP contribution < -0.4 is 16.0 Å². The van der Waals surface area contributed by atoms with E-state index in [1.165, 1.54) is 11.1 Å². The maximum atomic E-state index is 12.0. The molecule has 2 rings (SSSR count). The fourth-order valence-corrected chi connectivity index (χ4v) is 3.39. The van der Waals surface area contributed by atoms with Crippen molar-refractivity contribution in [2.45, 2.75) is 39.5 Å². The highest BCUT2D eigenvalue weighted by atomic mass is 127. The maximum Gasteiger partial charge on any atom is 0.287 e. The highest BCUT2D eigenvalue weighted by Gasteiger charge is 2.21. The zero-order chi connectivity index (χ0) is 19.7. The molecule has 0 aliphatic carbocycles. The number of halogens is 1. The molecule has 2 aromatic rings. The Hall–Kier alpha value is -1.55. The lowest BCUT2D eigenvalue weighted by atomic mass is 9.92. The third kappa shape index (κ3) is 7.46. The second kappa shape index (κ2) is 12.1. The van der Waals surface area contributed by atoms with Gasteiger partial charge in [-0.3, -0.25) is 9.79 Å². The van der Waals surface area contributed by atoms with Crippen molar-refractivity contribution in [2.24, 2.45) is 4.99 Å². The molecule has 0 bridgehead atoms. The summed E-state index contributed by atoms with van der Waals surface area (Å²) >= 11 is 1.76. The lowest BCUT2D eigenvalue weighted by molar-refractivity contribution is 0.0925. The third-order valence-corrected chi connectivity index (χ3v) is 5.40. The Balaban J connectivity index is 0.00000392. The van der Waals surface area contributed by atoms with Gasteiger partial charge in [0.1, 0.15) is 0 Å². The van der Waals surface area contributed by atoms with Gasteiger partial charge in [-0.25, -0.2) is 0 Å². The van der Waals surface area contributed by atoms with Crippen molar-refractivity contribution < 1.29 is 9.21 Å². The number of carbonyl (C=O) groups is 1. The van der Waals surface area contributed by atoms with Gasteiger partial charge in [0.05, 0.1) is 12.8 Å². The molecule has 28 heavy (non-hydrogen) atoms. The minimum absolute atomic E-state index is 0. The molecule has 2 heterocycles. The fraction of sp³-hybridized carbons (Fsp3) is 0.500. The molecular weight excluding hydrogens is 487 g/mol. The molecule has 0 unspecified atom stereocenters. The van der Waals surface area contributed by atoms with Crippen LogP contribution in [0, 0.1) is 6.92 Å². The van der Waals surface area contributed by atoms with Crippen molar-refractivity contribution in [2.75, 3.05) is 26.2 Å². The molecule has 6 nitrogen and oxygen atoms in total. The Bertz CT molecular complexity index is 741. The van der Waals surface area contributed by atoms with Crippen LogP contribution in [-0.2, 0) is 5.41 Å². The predicted octanol–water partition coefficient (Wildman–Crippen LogP) is 3.92. The van der Waals surface area contributed by atoms with Crippen molar-refractivity contribution in [1.82, 2.24) is 16.0 Å². The summed E-state index contributed by atoms with van der Waals surface area (Å²) in [5.74, 6) is 1.01. The van der Waals surface area contributed by atoms with E-state index < -0.39 is 0 Å². The van der Waals surface area contributed by atoms with Crippen molar-refractivity contribution >= 4 is 47.2 Å². The Morgan fingerprint density at radius 1 is 1.21 bits per heavy atom.